The molecule has 0 spiro atoms. The molecule has 0 aliphatic heterocycles. The Morgan fingerprint density at radius 3 is 2.47 bits per heavy atom. The lowest BCUT2D eigenvalue weighted by atomic mass is 9.68. The lowest BCUT2D eigenvalue weighted by molar-refractivity contribution is -0.0865. The lowest BCUT2D eigenvalue weighted by Crippen LogP contribution is -2.40. The first kappa shape index (κ1) is 17.0. The molecule has 0 aromatic heterocycles. The number of aliphatic hydroxyl groups is 1. The maximum atomic E-state index is 10.1. The van der Waals surface area contributed by atoms with Gasteiger partial charge in [0.15, 0.2) is 0 Å². The highest BCUT2D eigenvalue weighted by Crippen LogP contribution is 2.41. The third-order valence-corrected chi connectivity index (χ3v) is 5.10. The minimum atomic E-state index is -0.241. The van der Waals surface area contributed by atoms with Gasteiger partial charge in [-0.3, -0.25) is 0 Å². The minimum absolute atomic E-state index is 0.0752. The van der Waals surface area contributed by atoms with E-state index in [2.05, 4.69) is 27.7 Å². The Kier molecular flexibility index (Phi) is 7.38. The highest BCUT2D eigenvalue weighted by Gasteiger charge is 2.36. The second-order valence-corrected chi connectivity index (χ2v) is 6.89. The highest BCUT2D eigenvalue weighted by atomic mass is 16.5. The zero-order valence-corrected chi connectivity index (χ0v) is 13.5. The molecule has 114 valence electrons. The highest BCUT2D eigenvalue weighted by molar-refractivity contribution is 4.87. The third-order valence-electron chi connectivity index (χ3n) is 5.10. The van der Waals surface area contributed by atoms with Crippen LogP contribution in [0, 0.1) is 11.3 Å². The first-order valence-electron chi connectivity index (χ1n) is 8.31. The van der Waals surface area contributed by atoms with E-state index in [-0.39, 0.29) is 12.2 Å². The molecule has 2 nitrogen and oxygen atoms in total. The first-order valence-corrected chi connectivity index (χ1v) is 8.31. The van der Waals surface area contributed by atoms with E-state index < -0.39 is 0 Å². The summed E-state index contributed by atoms with van der Waals surface area (Å²) in [5, 5.41) is 10.1. The summed E-state index contributed by atoms with van der Waals surface area (Å²) >= 11 is 0. The topological polar surface area (TPSA) is 29.5 Å². The van der Waals surface area contributed by atoms with Crippen molar-refractivity contribution in [3.63, 3.8) is 0 Å². The summed E-state index contributed by atoms with van der Waals surface area (Å²) in [4.78, 5) is 0. The predicted octanol–water partition coefficient (Wildman–Crippen LogP) is 4.55. The Labute approximate surface area is 119 Å². The van der Waals surface area contributed by atoms with Crippen molar-refractivity contribution in [3.05, 3.63) is 0 Å². The fourth-order valence-electron chi connectivity index (χ4n) is 3.05. The van der Waals surface area contributed by atoms with Crippen molar-refractivity contribution < 1.29 is 9.84 Å². The van der Waals surface area contributed by atoms with E-state index in [4.69, 9.17) is 4.74 Å². The first-order chi connectivity index (χ1) is 9.01. The molecule has 0 amide bonds. The number of unbranched alkanes of at least 4 members (excludes halogenated alkanes) is 3. The molecule has 2 heteroatoms. The van der Waals surface area contributed by atoms with Gasteiger partial charge in [-0.15, -0.1) is 0 Å². The SMILES string of the molecule is CCCCCCOC1CC(C(C)(C)CC)CCC1O. The van der Waals surface area contributed by atoms with Gasteiger partial charge < -0.3 is 9.84 Å². The zero-order valence-electron chi connectivity index (χ0n) is 13.5. The van der Waals surface area contributed by atoms with E-state index in [9.17, 15) is 5.11 Å². The van der Waals surface area contributed by atoms with Crippen LogP contribution in [0.3, 0.4) is 0 Å². The van der Waals surface area contributed by atoms with E-state index in [0.717, 1.165) is 32.3 Å². The molecular formula is C17H34O2. The van der Waals surface area contributed by atoms with Crippen LogP contribution in [0.2, 0.25) is 0 Å². The molecule has 0 radical (unpaired) electrons. The van der Waals surface area contributed by atoms with Gasteiger partial charge in [-0.25, -0.2) is 0 Å². The smallest absolute Gasteiger partial charge is 0.0836 e. The summed E-state index contributed by atoms with van der Waals surface area (Å²) in [5.41, 5.74) is 0.379. The second-order valence-electron chi connectivity index (χ2n) is 6.89. The van der Waals surface area contributed by atoms with Crippen molar-refractivity contribution in [2.45, 2.75) is 91.3 Å². The molecule has 0 aromatic carbocycles. The van der Waals surface area contributed by atoms with Crippen LogP contribution in [0.5, 0.6) is 0 Å². The predicted molar refractivity (Wildman–Crippen MR) is 81.3 cm³/mol. The van der Waals surface area contributed by atoms with Crippen LogP contribution < -0.4 is 0 Å². The van der Waals surface area contributed by atoms with Gasteiger partial charge in [-0.1, -0.05) is 53.4 Å². The monoisotopic (exact) mass is 270 g/mol. The van der Waals surface area contributed by atoms with E-state index in [1.807, 2.05) is 0 Å². The van der Waals surface area contributed by atoms with Crippen LogP contribution in [0.15, 0.2) is 0 Å². The molecule has 1 fully saturated rings. The number of aliphatic hydroxyl groups excluding tert-OH is 1. The summed E-state index contributed by atoms with van der Waals surface area (Å²) in [6, 6.07) is 0. The van der Waals surface area contributed by atoms with Gasteiger partial charge in [0, 0.05) is 6.61 Å². The fourth-order valence-corrected chi connectivity index (χ4v) is 3.05. The normalized spacial score (nSPS) is 28.6. The summed E-state index contributed by atoms with van der Waals surface area (Å²) in [6.07, 6.45) is 9.09. The van der Waals surface area contributed by atoms with Crippen LogP contribution in [-0.4, -0.2) is 23.9 Å². The van der Waals surface area contributed by atoms with Gasteiger partial charge in [-0.2, -0.15) is 0 Å². The quantitative estimate of drug-likeness (QED) is 0.656. The maximum Gasteiger partial charge on any atom is 0.0836 e. The van der Waals surface area contributed by atoms with Crippen LogP contribution in [-0.2, 0) is 4.74 Å². The molecule has 1 saturated carbocycles. The van der Waals surface area contributed by atoms with Gasteiger partial charge >= 0.3 is 0 Å². The molecule has 0 saturated heterocycles. The molecule has 19 heavy (non-hydrogen) atoms. The van der Waals surface area contributed by atoms with Gasteiger partial charge in [-0.05, 0) is 37.0 Å². The standard InChI is InChI=1S/C17H34O2/c1-5-7-8-9-12-19-16-13-14(10-11-15(16)18)17(3,4)6-2/h14-16,18H,5-13H2,1-4H3. The number of ether oxygens (including phenoxy) is 1. The van der Waals surface area contributed by atoms with Crippen molar-refractivity contribution in [2.24, 2.45) is 11.3 Å². The Morgan fingerprint density at radius 1 is 1.11 bits per heavy atom. The fraction of sp³-hybridized carbons (Fsp3) is 1.00. The molecule has 0 bridgehead atoms. The second kappa shape index (κ2) is 8.26. The summed E-state index contributed by atoms with van der Waals surface area (Å²) in [5.74, 6) is 0.696. The molecule has 3 unspecified atom stereocenters. The van der Waals surface area contributed by atoms with Crippen LogP contribution in [0.25, 0.3) is 0 Å². The largest absolute Gasteiger partial charge is 0.390 e. The summed E-state index contributed by atoms with van der Waals surface area (Å²) in [7, 11) is 0. The third kappa shape index (κ3) is 5.43. The Bertz CT molecular complexity index is 237. The molecule has 0 aromatic rings. The van der Waals surface area contributed by atoms with Crippen molar-refractivity contribution >= 4 is 0 Å². The Hall–Kier alpha value is -0.0800. The molecule has 1 N–H and O–H groups in total. The van der Waals surface area contributed by atoms with E-state index in [1.54, 1.807) is 0 Å². The van der Waals surface area contributed by atoms with Gasteiger partial charge in [0.25, 0.3) is 0 Å². The van der Waals surface area contributed by atoms with Crippen LogP contribution in [0.1, 0.15) is 79.1 Å². The van der Waals surface area contributed by atoms with Gasteiger partial charge in [0.1, 0.15) is 0 Å². The van der Waals surface area contributed by atoms with Crippen molar-refractivity contribution in [3.8, 4) is 0 Å². The van der Waals surface area contributed by atoms with Gasteiger partial charge in [0.05, 0.1) is 12.2 Å². The van der Waals surface area contributed by atoms with Crippen molar-refractivity contribution in [1.29, 1.82) is 0 Å². The van der Waals surface area contributed by atoms with Crippen LogP contribution in [0.4, 0.5) is 0 Å². The minimum Gasteiger partial charge on any atom is -0.390 e. The van der Waals surface area contributed by atoms with Crippen LogP contribution >= 0.6 is 0 Å². The average Bonchev–Trinajstić information content (AvgIpc) is 2.40. The van der Waals surface area contributed by atoms with E-state index in [1.165, 1.54) is 25.7 Å². The van der Waals surface area contributed by atoms with Crippen molar-refractivity contribution in [1.82, 2.24) is 0 Å². The molecular weight excluding hydrogens is 236 g/mol. The molecule has 0 heterocycles. The average molecular weight is 270 g/mol. The summed E-state index contributed by atoms with van der Waals surface area (Å²) < 4.78 is 5.96. The Morgan fingerprint density at radius 2 is 1.84 bits per heavy atom. The zero-order chi connectivity index (χ0) is 14.3. The molecule has 1 aliphatic rings. The number of hydrogen-bond donors (Lipinski definition) is 1. The lowest BCUT2D eigenvalue weighted by Gasteiger charge is -2.41. The summed E-state index contributed by atoms with van der Waals surface area (Å²) in [6.45, 7) is 10.0. The molecule has 1 rings (SSSR count). The Balaban J connectivity index is 2.35. The molecule has 3 atom stereocenters. The van der Waals surface area contributed by atoms with Crippen molar-refractivity contribution in [2.75, 3.05) is 6.61 Å². The van der Waals surface area contributed by atoms with Gasteiger partial charge in [0.2, 0.25) is 0 Å². The number of hydrogen-bond acceptors (Lipinski definition) is 2. The van der Waals surface area contributed by atoms with E-state index >= 15 is 0 Å². The van der Waals surface area contributed by atoms with E-state index in [0.29, 0.717) is 11.3 Å². The molecule has 1 aliphatic carbocycles. The maximum absolute atomic E-state index is 10.1. The number of rotatable bonds is 8.